The zero-order chi connectivity index (χ0) is 17.4. The first-order valence-corrected chi connectivity index (χ1v) is 8.26. The zero-order valence-corrected chi connectivity index (χ0v) is 14.5. The number of nitrogens with zero attached hydrogens (tertiary/aromatic N) is 2. The molecule has 25 heavy (non-hydrogen) atoms. The fourth-order valence-electron chi connectivity index (χ4n) is 2.68. The molecule has 0 fully saturated rings. The molecule has 4 rings (SSSR count). The van der Waals surface area contributed by atoms with Gasteiger partial charge in [0.2, 0.25) is 0 Å². The summed E-state index contributed by atoms with van der Waals surface area (Å²) < 4.78 is 0.858. The summed E-state index contributed by atoms with van der Waals surface area (Å²) in [6.45, 7) is 0. The molecule has 1 aromatic carbocycles. The molecule has 4 aromatic rings. The average Bonchev–Trinajstić information content (AvgIpc) is 2.62. The van der Waals surface area contributed by atoms with Crippen molar-refractivity contribution in [3.05, 3.63) is 74.9 Å². The van der Waals surface area contributed by atoms with Crippen molar-refractivity contribution in [3.63, 3.8) is 0 Å². The van der Waals surface area contributed by atoms with Crippen LogP contribution in [0.15, 0.2) is 58.1 Å². The van der Waals surface area contributed by atoms with E-state index in [1.54, 1.807) is 12.4 Å². The molecule has 0 aliphatic carbocycles. The van der Waals surface area contributed by atoms with Gasteiger partial charge in [-0.3, -0.25) is 4.79 Å². The van der Waals surface area contributed by atoms with E-state index < -0.39 is 0 Å². The van der Waals surface area contributed by atoms with Crippen molar-refractivity contribution in [1.82, 2.24) is 15.0 Å². The Bertz CT molecular complexity index is 1240. The number of nitrogen functional groups attached to an aromatic ring is 1. The van der Waals surface area contributed by atoms with Crippen molar-refractivity contribution in [2.24, 2.45) is 0 Å². The van der Waals surface area contributed by atoms with Crippen LogP contribution in [0.2, 0.25) is 0 Å². The van der Waals surface area contributed by atoms with Crippen LogP contribution in [-0.2, 0) is 0 Å². The van der Waals surface area contributed by atoms with Crippen molar-refractivity contribution < 1.29 is 0 Å². The molecule has 0 aliphatic rings. The van der Waals surface area contributed by atoms with E-state index in [-0.39, 0.29) is 5.56 Å². The quantitative estimate of drug-likeness (QED) is 0.356. The average molecular weight is 391 g/mol. The fraction of sp³-hybridized carbons (Fsp3) is 0. The Morgan fingerprint density at radius 3 is 2.80 bits per heavy atom. The van der Waals surface area contributed by atoms with Crippen LogP contribution in [0.1, 0.15) is 11.3 Å². The maximum absolute atomic E-state index is 12.4. The van der Waals surface area contributed by atoms with Gasteiger partial charge in [-0.25, -0.2) is 9.97 Å². The SMILES string of the molecule is Nc1nc2c(C#Cc3ccccn3)c[nH]c(=O)c2c2cc(Br)ccc12. The number of nitrogens with two attached hydrogens (primary N) is 1. The number of aromatic nitrogens is 3. The molecule has 0 bridgehead atoms. The predicted octanol–water partition coefficient (Wildman–Crippen LogP) is 3.22. The molecule has 0 spiro atoms. The van der Waals surface area contributed by atoms with Gasteiger partial charge >= 0.3 is 0 Å². The van der Waals surface area contributed by atoms with Gasteiger partial charge in [-0.1, -0.05) is 27.9 Å². The van der Waals surface area contributed by atoms with Crippen LogP contribution in [-0.4, -0.2) is 15.0 Å². The highest BCUT2D eigenvalue weighted by atomic mass is 79.9. The Labute approximate surface area is 151 Å². The van der Waals surface area contributed by atoms with Crippen molar-refractivity contribution in [3.8, 4) is 11.8 Å². The Hall–Kier alpha value is -3.17. The molecule has 0 radical (unpaired) electrons. The molecule has 6 heteroatoms. The summed E-state index contributed by atoms with van der Waals surface area (Å²) in [6.07, 6.45) is 3.23. The first kappa shape index (κ1) is 15.4. The normalized spacial score (nSPS) is 10.6. The molecule has 0 amide bonds. The third kappa shape index (κ3) is 2.75. The first-order chi connectivity index (χ1) is 12.1. The Morgan fingerprint density at radius 1 is 1.12 bits per heavy atom. The van der Waals surface area contributed by atoms with Gasteiger partial charge in [0.25, 0.3) is 5.56 Å². The molecule has 0 atom stereocenters. The Kier molecular flexibility index (Phi) is 3.71. The number of rotatable bonds is 0. The van der Waals surface area contributed by atoms with Crippen LogP contribution in [0.5, 0.6) is 0 Å². The topological polar surface area (TPSA) is 84.7 Å². The molecule has 0 saturated heterocycles. The van der Waals surface area contributed by atoms with Crippen LogP contribution in [0.3, 0.4) is 0 Å². The smallest absolute Gasteiger partial charge is 0.258 e. The third-order valence-corrected chi connectivity index (χ3v) is 4.31. The standard InChI is InChI=1S/C19H11BrN4O/c20-12-5-7-14-15(9-12)16-17(24-18(14)21)11(10-23-19(16)25)4-6-13-3-1-2-8-22-13/h1-3,5,7-10H,(H2,21,24)(H,23,25). The lowest BCUT2D eigenvalue weighted by Crippen LogP contribution is -2.09. The van der Waals surface area contributed by atoms with Crippen molar-refractivity contribution in [2.75, 3.05) is 5.73 Å². The van der Waals surface area contributed by atoms with E-state index in [4.69, 9.17) is 5.73 Å². The second kappa shape index (κ2) is 6.04. The van der Waals surface area contributed by atoms with Crippen LogP contribution in [0.25, 0.3) is 21.7 Å². The zero-order valence-electron chi connectivity index (χ0n) is 12.9. The highest BCUT2D eigenvalue weighted by Gasteiger charge is 2.12. The van der Waals surface area contributed by atoms with Crippen LogP contribution in [0.4, 0.5) is 5.82 Å². The van der Waals surface area contributed by atoms with E-state index in [1.807, 2.05) is 36.4 Å². The molecule has 120 valence electrons. The highest BCUT2D eigenvalue weighted by Crippen LogP contribution is 2.29. The first-order valence-electron chi connectivity index (χ1n) is 7.46. The highest BCUT2D eigenvalue weighted by molar-refractivity contribution is 9.10. The van der Waals surface area contributed by atoms with E-state index >= 15 is 0 Å². The lowest BCUT2D eigenvalue weighted by atomic mass is 10.1. The molecule has 3 aromatic heterocycles. The summed E-state index contributed by atoms with van der Waals surface area (Å²) in [5.41, 5.74) is 7.58. The Morgan fingerprint density at radius 2 is 2.00 bits per heavy atom. The number of hydrogen-bond acceptors (Lipinski definition) is 4. The van der Waals surface area contributed by atoms with Crippen LogP contribution >= 0.6 is 15.9 Å². The van der Waals surface area contributed by atoms with Crippen molar-refractivity contribution >= 4 is 43.4 Å². The van der Waals surface area contributed by atoms with E-state index in [0.717, 1.165) is 15.2 Å². The number of aromatic amines is 1. The van der Waals surface area contributed by atoms with Crippen molar-refractivity contribution in [2.45, 2.75) is 0 Å². The number of hydrogen-bond donors (Lipinski definition) is 2. The summed E-state index contributed by atoms with van der Waals surface area (Å²) in [5.74, 6) is 6.37. The van der Waals surface area contributed by atoms with Gasteiger partial charge in [-0.05, 0) is 36.3 Å². The number of H-pyrrole nitrogens is 1. The molecule has 3 N–H and O–H groups in total. The van der Waals surface area contributed by atoms with E-state index in [2.05, 4.69) is 42.7 Å². The number of pyridine rings is 3. The van der Waals surface area contributed by atoms with Gasteiger partial charge in [0.05, 0.1) is 16.5 Å². The monoisotopic (exact) mass is 390 g/mol. The summed E-state index contributed by atoms with van der Waals surface area (Å²) in [7, 11) is 0. The minimum absolute atomic E-state index is 0.228. The second-order valence-electron chi connectivity index (χ2n) is 5.41. The number of nitrogens with one attached hydrogen (secondary N) is 1. The fourth-order valence-corrected chi connectivity index (χ4v) is 3.04. The van der Waals surface area contributed by atoms with Gasteiger partial charge in [0, 0.05) is 27.6 Å². The number of fused-ring (bicyclic) bond motifs is 3. The molecule has 3 heterocycles. The minimum atomic E-state index is -0.228. The number of halogens is 1. The number of benzene rings is 1. The predicted molar refractivity (Wildman–Crippen MR) is 102 cm³/mol. The van der Waals surface area contributed by atoms with Crippen LogP contribution < -0.4 is 11.3 Å². The maximum Gasteiger partial charge on any atom is 0.258 e. The van der Waals surface area contributed by atoms with Gasteiger partial charge in [-0.15, -0.1) is 0 Å². The van der Waals surface area contributed by atoms with E-state index in [1.165, 1.54) is 0 Å². The summed E-state index contributed by atoms with van der Waals surface area (Å²) in [6, 6.07) is 11.1. The summed E-state index contributed by atoms with van der Waals surface area (Å²) >= 11 is 3.44. The molecule has 0 saturated carbocycles. The van der Waals surface area contributed by atoms with Gasteiger partial charge in [0.1, 0.15) is 11.5 Å². The lowest BCUT2D eigenvalue weighted by Gasteiger charge is -2.07. The van der Waals surface area contributed by atoms with Gasteiger partial charge in [-0.2, -0.15) is 0 Å². The molecular formula is C19H11BrN4O. The molecule has 0 unspecified atom stereocenters. The molecule has 0 aliphatic heterocycles. The van der Waals surface area contributed by atoms with E-state index in [9.17, 15) is 4.79 Å². The van der Waals surface area contributed by atoms with Gasteiger partial charge < -0.3 is 10.7 Å². The Balaban J connectivity index is 2.05. The van der Waals surface area contributed by atoms with Crippen LogP contribution in [0, 0.1) is 11.8 Å². The third-order valence-electron chi connectivity index (χ3n) is 3.82. The molecule has 5 nitrogen and oxygen atoms in total. The second-order valence-corrected chi connectivity index (χ2v) is 6.32. The largest absolute Gasteiger partial charge is 0.383 e. The summed E-state index contributed by atoms with van der Waals surface area (Å²) in [5, 5.41) is 1.94. The summed E-state index contributed by atoms with van der Waals surface area (Å²) in [4.78, 5) is 23.8. The minimum Gasteiger partial charge on any atom is -0.383 e. The maximum atomic E-state index is 12.4. The lowest BCUT2D eigenvalue weighted by molar-refractivity contribution is 1.25. The molecular weight excluding hydrogens is 380 g/mol. The van der Waals surface area contributed by atoms with E-state index in [0.29, 0.717) is 28.0 Å². The van der Waals surface area contributed by atoms with Gasteiger partial charge in [0.15, 0.2) is 0 Å². The number of anilines is 1. The van der Waals surface area contributed by atoms with Crippen molar-refractivity contribution in [1.29, 1.82) is 0 Å².